The highest BCUT2D eigenvalue weighted by molar-refractivity contribution is 7.46. The van der Waals surface area contributed by atoms with E-state index in [1.807, 2.05) is 0 Å². The van der Waals surface area contributed by atoms with E-state index in [1.54, 1.807) is 0 Å². The average molecular weight is 759 g/mol. The number of hydrogen-bond donors (Lipinski definition) is 2. The van der Waals surface area contributed by atoms with Crippen LogP contribution in [0.25, 0.3) is 0 Å². The first-order valence-corrected chi connectivity index (χ1v) is 23.5. The second kappa shape index (κ2) is 39.5. The van der Waals surface area contributed by atoms with Crippen molar-refractivity contribution in [2.45, 2.75) is 238 Å². The predicted molar refractivity (Wildman–Crippen MR) is 216 cm³/mol. The van der Waals surface area contributed by atoms with Crippen LogP contribution in [0.4, 0.5) is 0 Å². The Bertz CT molecular complexity index is 858. The summed E-state index contributed by atoms with van der Waals surface area (Å²) < 4.78 is 26.4. The molecule has 0 heterocycles. The van der Waals surface area contributed by atoms with Gasteiger partial charge in [0.1, 0.15) is 6.61 Å². The van der Waals surface area contributed by atoms with Crippen molar-refractivity contribution in [2.24, 2.45) is 0 Å². The topological polar surface area (TPSA) is 119 Å². The minimum atomic E-state index is -4.75. The highest BCUT2D eigenvalue weighted by Crippen LogP contribution is 2.36. The van der Waals surface area contributed by atoms with E-state index in [2.05, 4.69) is 30.5 Å². The molecule has 0 radical (unpaired) electrons. The molecular weight excluding hydrogens is 675 g/mol. The van der Waals surface area contributed by atoms with Gasteiger partial charge in [0, 0.05) is 12.8 Å². The van der Waals surface area contributed by atoms with E-state index in [9.17, 15) is 14.2 Å². The molecule has 0 aromatic carbocycles. The number of ether oxygens (including phenoxy) is 2. The minimum Gasteiger partial charge on any atom is -0.462 e. The Hall–Kier alpha value is -1.21. The number of phosphoric ester groups is 1. The van der Waals surface area contributed by atoms with Gasteiger partial charge in [0.2, 0.25) is 0 Å². The van der Waals surface area contributed by atoms with Crippen LogP contribution in [0.2, 0.25) is 0 Å². The van der Waals surface area contributed by atoms with Crippen molar-refractivity contribution < 1.29 is 37.9 Å². The lowest BCUT2D eigenvalue weighted by Crippen LogP contribution is -2.29. The fourth-order valence-corrected chi connectivity index (χ4v) is 6.85. The fourth-order valence-electron chi connectivity index (χ4n) is 6.49. The SMILES string of the molecule is CCCCCCCCC/C=C\CCCCCCCCCC(=O)OC(COC(=O)CCCCCCCCCCCCCCCCCC)COP(=O)(O)O. The zero-order valence-electron chi connectivity index (χ0n) is 34.0. The summed E-state index contributed by atoms with van der Waals surface area (Å²) in [7, 11) is -4.75. The van der Waals surface area contributed by atoms with Crippen LogP contribution in [0.3, 0.4) is 0 Å². The largest absolute Gasteiger partial charge is 0.469 e. The van der Waals surface area contributed by atoms with Gasteiger partial charge >= 0.3 is 19.8 Å². The number of carbonyl (C=O) groups is 2. The number of rotatable bonds is 41. The summed E-state index contributed by atoms with van der Waals surface area (Å²) in [6.07, 6.45) is 43.6. The Labute approximate surface area is 320 Å². The molecule has 1 unspecified atom stereocenters. The van der Waals surface area contributed by atoms with Crippen LogP contribution >= 0.6 is 7.82 Å². The molecule has 0 saturated heterocycles. The van der Waals surface area contributed by atoms with Crippen molar-refractivity contribution in [1.82, 2.24) is 0 Å². The highest BCUT2D eigenvalue weighted by Gasteiger charge is 2.22. The van der Waals surface area contributed by atoms with Crippen LogP contribution < -0.4 is 0 Å². The third-order valence-electron chi connectivity index (χ3n) is 9.78. The molecule has 0 aliphatic carbocycles. The van der Waals surface area contributed by atoms with Crippen molar-refractivity contribution in [3.05, 3.63) is 12.2 Å². The highest BCUT2D eigenvalue weighted by atomic mass is 31.2. The maximum Gasteiger partial charge on any atom is 0.469 e. The summed E-state index contributed by atoms with van der Waals surface area (Å²) in [6.45, 7) is 3.71. The Morgan fingerprint density at radius 3 is 1.17 bits per heavy atom. The van der Waals surface area contributed by atoms with Crippen LogP contribution in [-0.2, 0) is 28.2 Å². The lowest BCUT2D eigenvalue weighted by atomic mass is 10.0. The molecule has 2 N–H and O–H groups in total. The van der Waals surface area contributed by atoms with Gasteiger partial charge < -0.3 is 19.3 Å². The molecule has 0 amide bonds. The molecule has 308 valence electrons. The molecule has 1 atom stereocenters. The number of phosphoric acid groups is 1. The second-order valence-electron chi connectivity index (χ2n) is 15.0. The summed E-state index contributed by atoms with van der Waals surface area (Å²) in [6, 6.07) is 0. The molecule has 0 spiro atoms. The van der Waals surface area contributed by atoms with Crippen LogP contribution in [0.5, 0.6) is 0 Å². The van der Waals surface area contributed by atoms with E-state index < -0.39 is 32.5 Å². The van der Waals surface area contributed by atoms with E-state index in [4.69, 9.17) is 19.3 Å². The molecule has 8 nitrogen and oxygen atoms in total. The Morgan fingerprint density at radius 2 is 0.808 bits per heavy atom. The maximum atomic E-state index is 12.4. The minimum absolute atomic E-state index is 0.211. The summed E-state index contributed by atoms with van der Waals surface area (Å²) in [4.78, 5) is 42.9. The van der Waals surface area contributed by atoms with Gasteiger partial charge in [-0.1, -0.05) is 193 Å². The van der Waals surface area contributed by atoms with Crippen molar-refractivity contribution in [1.29, 1.82) is 0 Å². The molecule has 0 aliphatic rings. The van der Waals surface area contributed by atoms with Crippen molar-refractivity contribution in [2.75, 3.05) is 13.2 Å². The van der Waals surface area contributed by atoms with Gasteiger partial charge in [-0.3, -0.25) is 14.1 Å². The van der Waals surface area contributed by atoms with Crippen LogP contribution in [-0.4, -0.2) is 41.0 Å². The zero-order valence-corrected chi connectivity index (χ0v) is 34.9. The standard InChI is InChI=1S/C43H83O8P/c1-3-5-7-9-11-13-15-17-19-21-22-24-26-28-30-32-34-36-38-43(45)51-41(40-50-52(46,47)48)39-49-42(44)37-35-33-31-29-27-25-23-20-18-16-14-12-10-8-6-4-2/h19,21,41H,3-18,20,22-40H2,1-2H3,(H2,46,47,48)/b21-19-. The molecule has 0 aromatic heterocycles. The third kappa shape index (κ3) is 41.5. The summed E-state index contributed by atoms with van der Waals surface area (Å²) >= 11 is 0. The van der Waals surface area contributed by atoms with Crippen molar-refractivity contribution in [3.8, 4) is 0 Å². The van der Waals surface area contributed by atoms with Crippen LogP contribution in [0.1, 0.15) is 232 Å². The fraction of sp³-hybridized carbons (Fsp3) is 0.907. The zero-order chi connectivity index (χ0) is 38.2. The summed E-state index contributed by atoms with van der Waals surface area (Å²) in [5, 5.41) is 0. The number of hydrogen-bond acceptors (Lipinski definition) is 6. The van der Waals surface area contributed by atoms with Gasteiger partial charge in [0.25, 0.3) is 0 Å². The van der Waals surface area contributed by atoms with Gasteiger partial charge in [-0.05, 0) is 38.5 Å². The van der Waals surface area contributed by atoms with Crippen molar-refractivity contribution >= 4 is 19.8 Å². The Balaban J connectivity index is 3.87. The second-order valence-corrected chi connectivity index (χ2v) is 16.3. The molecule has 0 aromatic rings. The monoisotopic (exact) mass is 759 g/mol. The Kier molecular flexibility index (Phi) is 38.6. The normalized spacial score (nSPS) is 12.5. The summed E-state index contributed by atoms with van der Waals surface area (Å²) in [5.41, 5.74) is 0. The average Bonchev–Trinajstić information content (AvgIpc) is 3.11. The maximum absolute atomic E-state index is 12.4. The number of unbranched alkanes of at least 4 members (excludes halogenated alkanes) is 29. The van der Waals surface area contributed by atoms with Gasteiger partial charge in [0.05, 0.1) is 6.61 Å². The first-order valence-electron chi connectivity index (χ1n) is 22.0. The molecule has 0 fully saturated rings. The predicted octanol–water partition coefficient (Wildman–Crippen LogP) is 13.4. The first-order chi connectivity index (χ1) is 25.3. The molecule has 0 bridgehead atoms. The quantitative estimate of drug-likeness (QED) is 0.0274. The Morgan fingerprint density at radius 1 is 0.481 bits per heavy atom. The molecule has 0 saturated carbocycles. The lowest BCUT2D eigenvalue weighted by molar-refractivity contribution is -0.161. The number of carbonyl (C=O) groups excluding carboxylic acids is 2. The van der Waals surface area contributed by atoms with E-state index >= 15 is 0 Å². The van der Waals surface area contributed by atoms with E-state index in [0.717, 1.165) is 44.9 Å². The number of allylic oxidation sites excluding steroid dienone is 2. The molecule has 9 heteroatoms. The molecule has 0 aliphatic heterocycles. The lowest BCUT2D eigenvalue weighted by Gasteiger charge is -2.18. The van der Waals surface area contributed by atoms with Crippen molar-refractivity contribution in [3.63, 3.8) is 0 Å². The summed E-state index contributed by atoms with van der Waals surface area (Å²) in [5.74, 6) is -0.876. The van der Waals surface area contributed by atoms with Gasteiger partial charge in [-0.2, -0.15) is 0 Å². The van der Waals surface area contributed by atoms with E-state index in [1.165, 1.54) is 154 Å². The van der Waals surface area contributed by atoms with E-state index in [0.29, 0.717) is 6.42 Å². The van der Waals surface area contributed by atoms with E-state index in [-0.39, 0.29) is 19.4 Å². The first kappa shape index (κ1) is 50.8. The molecule has 52 heavy (non-hydrogen) atoms. The smallest absolute Gasteiger partial charge is 0.462 e. The van der Waals surface area contributed by atoms with Gasteiger partial charge in [-0.25, -0.2) is 4.57 Å². The van der Waals surface area contributed by atoms with Crippen LogP contribution in [0, 0.1) is 0 Å². The number of esters is 2. The molecular formula is C43H83O8P. The molecule has 0 rings (SSSR count). The third-order valence-corrected chi connectivity index (χ3v) is 10.3. The van der Waals surface area contributed by atoms with Gasteiger partial charge in [-0.15, -0.1) is 0 Å². The van der Waals surface area contributed by atoms with Gasteiger partial charge in [0.15, 0.2) is 6.10 Å². The van der Waals surface area contributed by atoms with Crippen LogP contribution in [0.15, 0.2) is 12.2 Å².